The van der Waals surface area contributed by atoms with E-state index in [-0.39, 0.29) is 17.3 Å². The Bertz CT molecular complexity index is 539. The molecule has 0 aliphatic carbocycles. The van der Waals surface area contributed by atoms with Crippen LogP contribution in [0, 0.1) is 13.8 Å². The number of nitrogens with one attached hydrogen (secondary N) is 2. The summed E-state index contributed by atoms with van der Waals surface area (Å²) in [5.74, 6) is 0.293. The fourth-order valence-electron chi connectivity index (χ4n) is 1.45. The van der Waals surface area contributed by atoms with Crippen LogP contribution in [0.25, 0.3) is 0 Å². The molecule has 0 unspecified atom stereocenters. The van der Waals surface area contributed by atoms with E-state index in [0.29, 0.717) is 11.5 Å². The second-order valence-electron chi connectivity index (χ2n) is 6.03. The molecule has 2 N–H and O–H groups in total. The third-order valence-corrected chi connectivity index (χ3v) is 4.10. The highest BCUT2D eigenvalue weighted by Gasteiger charge is 2.13. The predicted molar refractivity (Wildman–Crippen MR) is 89.9 cm³/mol. The number of hydrogen-bond acceptors (Lipinski definition) is 4. The number of thioether (sulfide) groups is 1. The van der Waals surface area contributed by atoms with Crippen molar-refractivity contribution in [3.8, 4) is 5.75 Å². The van der Waals surface area contributed by atoms with Gasteiger partial charge < -0.3 is 4.74 Å². The number of carbonyl (C=O) groups excluding carboxylic acids is 2. The maximum atomic E-state index is 11.6. The lowest BCUT2D eigenvalue weighted by Crippen LogP contribution is -2.44. The monoisotopic (exact) mass is 324 g/mol. The lowest BCUT2D eigenvalue weighted by molar-refractivity contribution is -0.128. The summed E-state index contributed by atoms with van der Waals surface area (Å²) in [5.41, 5.74) is 6.98. The average Bonchev–Trinajstić information content (AvgIpc) is 2.43. The number of hydrazine groups is 1. The van der Waals surface area contributed by atoms with Crippen molar-refractivity contribution in [3.05, 3.63) is 29.3 Å². The van der Waals surface area contributed by atoms with Crippen LogP contribution in [0.3, 0.4) is 0 Å². The van der Waals surface area contributed by atoms with Gasteiger partial charge in [0.15, 0.2) is 6.61 Å². The van der Waals surface area contributed by atoms with E-state index in [1.54, 1.807) is 0 Å². The summed E-state index contributed by atoms with van der Waals surface area (Å²) >= 11 is 1.51. The second-order valence-corrected chi connectivity index (χ2v) is 7.83. The van der Waals surface area contributed by atoms with Gasteiger partial charge in [-0.2, -0.15) is 0 Å². The Morgan fingerprint density at radius 2 is 1.73 bits per heavy atom. The molecule has 1 aromatic carbocycles. The van der Waals surface area contributed by atoms with Crippen LogP contribution in [0.5, 0.6) is 5.75 Å². The number of aryl methyl sites for hydroxylation is 2. The van der Waals surface area contributed by atoms with E-state index in [1.807, 2.05) is 52.8 Å². The van der Waals surface area contributed by atoms with Gasteiger partial charge in [-0.15, -0.1) is 11.8 Å². The minimum atomic E-state index is -0.396. The van der Waals surface area contributed by atoms with Crippen LogP contribution >= 0.6 is 11.8 Å². The summed E-state index contributed by atoms with van der Waals surface area (Å²) in [5, 5.41) is 0. The summed E-state index contributed by atoms with van der Waals surface area (Å²) in [7, 11) is 0. The van der Waals surface area contributed by atoms with Crippen LogP contribution in [-0.4, -0.2) is 28.9 Å². The highest BCUT2D eigenvalue weighted by atomic mass is 32.2. The molecule has 0 aliphatic heterocycles. The zero-order valence-electron chi connectivity index (χ0n) is 13.8. The van der Waals surface area contributed by atoms with E-state index < -0.39 is 5.91 Å². The van der Waals surface area contributed by atoms with Gasteiger partial charge in [0.25, 0.3) is 5.91 Å². The quantitative estimate of drug-likeness (QED) is 0.816. The molecule has 0 atom stereocenters. The molecule has 0 heterocycles. The maximum Gasteiger partial charge on any atom is 0.276 e. The lowest BCUT2D eigenvalue weighted by Gasteiger charge is -2.17. The Morgan fingerprint density at radius 3 is 2.32 bits per heavy atom. The Morgan fingerprint density at radius 1 is 1.09 bits per heavy atom. The molecular formula is C16H24N2O3S. The molecule has 2 amide bonds. The van der Waals surface area contributed by atoms with Crippen molar-refractivity contribution >= 4 is 23.6 Å². The van der Waals surface area contributed by atoms with Gasteiger partial charge in [0.05, 0.1) is 5.75 Å². The minimum Gasteiger partial charge on any atom is -0.484 e. The molecule has 0 aromatic heterocycles. The molecule has 1 aromatic rings. The van der Waals surface area contributed by atoms with Gasteiger partial charge in [0.1, 0.15) is 5.75 Å². The minimum absolute atomic E-state index is 0.00770. The van der Waals surface area contributed by atoms with Gasteiger partial charge in [0, 0.05) is 4.75 Å². The Labute approximate surface area is 136 Å². The van der Waals surface area contributed by atoms with Crippen LogP contribution < -0.4 is 15.6 Å². The van der Waals surface area contributed by atoms with Crippen molar-refractivity contribution < 1.29 is 14.3 Å². The van der Waals surface area contributed by atoms with Crippen molar-refractivity contribution in [2.24, 2.45) is 0 Å². The average molecular weight is 324 g/mol. The van der Waals surface area contributed by atoms with E-state index in [4.69, 9.17) is 4.74 Å². The first-order chi connectivity index (χ1) is 10.2. The standard InChI is InChI=1S/C16H24N2O3S/c1-11-6-7-13(8-12(11)2)21-9-14(19)17-18-15(20)10-22-16(3,4)5/h6-8H,9-10H2,1-5H3,(H,17,19)(H,18,20). The SMILES string of the molecule is Cc1ccc(OCC(=O)NNC(=O)CSC(C)(C)C)cc1C. The topological polar surface area (TPSA) is 67.4 Å². The first kappa shape index (κ1) is 18.4. The largest absolute Gasteiger partial charge is 0.484 e. The maximum absolute atomic E-state index is 11.6. The van der Waals surface area contributed by atoms with Gasteiger partial charge in [-0.1, -0.05) is 26.8 Å². The molecule has 1 rings (SSSR count). The van der Waals surface area contributed by atoms with Gasteiger partial charge in [-0.3, -0.25) is 20.4 Å². The number of amides is 2. The molecule has 0 bridgehead atoms. The summed E-state index contributed by atoms with van der Waals surface area (Å²) < 4.78 is 5.39. The third kappa shape index (κ3) is 7.36. The summed E-state index contributed by atoms with van der Waals surface area (Å²) in [4.78, 5) is 23.2. The molecule has 22 heavy (non-hydrogen) atoms. The second kappa shape index (κ2) is 8.08. The Hall–Kier alpha value is -1.69. The van der Waals surface area contributed by atoms with Crippen LogP contribution in [0.1, 0.15) is 31.9 Å². The summed E-state index contributed by atoms with van der Waals surface area (Å²) in [6, 6.07) is 5.63. The highest BCUT2D eigenvalue weighted by molar-refractivity contribution is 8.01. The first-order valence-corrected chi connectivity index (χ1v) is 8.07. The van der Waals surface area contributed by atoms with Crippen molar-refractivity contribution in [2.75, 3.05) is 12.4 Å². The number of benzene rings is 1. The summed E-state index contributed by atoms with van der Waals surface area (Å²) in [6.45, 7) is 9.93. The van der Waals surface area contributed by atoms with Gasteiger partial charge in [-0.25, -0.2) is 0 Å². The van der Waals surface area contributed by atoms with E-state index in [1.165, 1.54) is 17.3 Å². The lowest BCUT2D eigenvalue weighted by atomic mass is 10.1. The fraction of sp³-hybridized carbons (Fsp3) is 0.500. The zero-order valence-corrected chi connectivity index (χ0v) is 14.6. The van der Waals surface area contributed by atoms with Gasteiger partial charge in [0.2, 0.25) is 5.91 Å². The molecule has 5 nitrogen and oxygen atoms in total. The number of carbonyl (C=O) groups is 2. The smallest absolute Gasteiger partial charge is 0.276 e. The summed E-state index contributed by atoms with van der Waals surface area (Å²) in [6.07, 6.45) is 0. The zero-order chi connectivity index (χ0) is 16.8. The molecule has 0 saturated heterocycles. The Kier molecular flexibility index (Phi) is 6.74. The fourth-order valence-corrected chi connectivity index (χ4v) is 2.08. The first-order valence-electron chi connectivity index (χ1n) is 7.09. The predicted octanol–water partition coefficient (Wildman–Crippen LogP) is 2.36. The molecule has 122 valence electrons. The van der Waals surface area contributed by atoms with E-state index in [0.717, 1.165) is 5.56 Å². The Balaban J connectivity index is 2.28. The molecular weight excluding hydrogens is 300 g/mol. The van der Waals surface area contributed by atoms with E-state index in [9.17, 15) is 9.59 Å². The third-order valence-electron chi connectivity index (χ3n) is 2.83. The molecule has 0 spiro atoms. The normalized spacial score (nSPS) is 11.0. The molecule has 0 aliphatic rings. The molecule has 0 radical (unpaired) electrons. The van der Waals surface area contributed by atoms with Crippen LogP contribution in [0.4, 0.5) is 0 Å². The molecule has 0 fully saturated rings. The number of ether oxygens (including phenoxy) is 1. The van der Waals surface area contributed by atoms with E-state index in [2.05, 4.69) is 10.9 Å². The van der Waals surface area contributed by atoms with Crippen LogP contribution in [0.15, 0.2) is 18.2 Å². The van der Waals surface area contributed by atoms with Gasteiger partial charge >= 0.3 is 0 Å². The van der Waals surface area contributed by atoms with Crippen molar-refractivity contribution in [3.63, 3.8) is 0 Å². The molecule has 6 heteroatoms. The van der Waals surface area contributed by atoms with E-state index >= 15 is 0 Å². The van der Waals surface area contributed by atoms with Gasteiger partial charge in [-0.05, 0) is 37.1 Å². The molecule has 0 saturated carbocycles. The van der Waals surface area contributed by atoms with Crippen molar-refractivity contribution in [1.29, 1.82) is 0 Å². The highest BCUT2D eigenvalue weighted by Crippen LogP contribution is 2.22. The van der Waals surface area contributed by atoms with Crippen LogP contribution in [-0.2, 0) is 9.59 Å². The number of hydrogen-bond donors (Lipinski definition) is 2. The van der Waals surface area contributed by atoms with Crippen molar-refractivity contribution in [1.82, 2.24) is 10.9 Å². The van der Waals surface area contributed by atoms with Crippen molar-refractivity contribution in [2.45, 2.75) is 39.4 Å². The number of rotatable bonds is 5. The van der Waals surface area contributed by atoms with Crippen LogP contribution in [0.2, 0.25) is 0 Å².